The van der Waals surface area contributed by atoms with E-state index in [0.29, 0.717) is 11.8 Å². The van der Waals surface area contributed by atoms with E-state index in [1.54, 1.807) is 12.1 Å². The normalized spacial score (nSPS) is 22.1. The zero-order valence-electron chi connectivity index (χ0n) is 13.5. The number of aromatic hydroxyl groups is 1. The summed E-state index contributed by atoms with van der Waals surface area (Å²) in [5.41, 5.74) is 0. The number of thioether (sulfide) groups is 1. The smallest absolute Gasteiger partial charge is 0.115 e. The van der Waals surface area contributed by atoms with E-state index in [4.69, 9.17) is 9.47 Å². The molecule has 0 spiro atoms. The summed E-state index contributed by atoms with van der Waals surface area (Å²) in [5.74, 6) is 1.38. The maximum Gasteiger partial charge on any atom is 0.115 e. The van der Waals surface area contributed by atoms with Crippen molar-refractivity contribution in [2.24, 2.45) is 0 Å². The SMILES string of the molecule is Oc1ccc(SCC(CN2CCOCC2)N2CCOCC2)cc1. The molecule has 2 heterocycles. The van der Waals surface area contributed by atoms with Gasteiger partial charge in [-0.1, -0.05) is 0 Å². The van der Waals surface area contributed by atoms with Crippen LogP contribution < -0.4 is 0 Å². The van der Waals surface area contributed by atoms with E-state index in [1.165, 1.54) is 4.90 Å². The summed E-state index contributed by atoms with van der Waals surface area (Å²) in [7, 11) is 0. The van der Waals surface area contributed by atoms with Crippen molar-refractivity contribution in [3.63, 3.8) is 0 Å². The highest BCUT2D eigenvalue weighted by molar-refractivity contribution is 7.99. The molecular formula is C17H26N2O3S. The predicted molar refractivity (Wildman–Crippen MR) is 92.3 cm³/mol. The molecule has 2 aliphatic heterocycles. The Bertz CT molecular complexity index is 459. The van der Waals surface area contributed by atoms with E-state index in [1.807, 2.05) is 23.9 Å². The second-order valence-corrected chi connectivity index (χ2v) is 7.11. The van der Waals surface area contributed by atoms with Gasteiger partial charge in [0.25, 0.3) is 0 Å². The highest BCUT2D eigenvalue weighted by Gasteiger charge is 2.24. The van der Waals surface area contributed by atoms with Gasteiger partial charge in [0.1, 0.15) is 5.75 Å². The van der Waals surface area contributed by atoms with Gasteiger partial charge in [0.2, 0.25) is 0 Å². The van der Waals surface area contributed by atoms with Gasteiger partial charge in [-0.15, -0.1) is 11.8 Å². The van der Waals surface area contributed by atoms with E-state index in [-0.39, 0.29) is 0 Å². The zero-order valence-corrected chi connectivity index (χ0v) is 14.3. The molecule has 0 amide bonds. The molecule has 6 heteroatoms. The molecule has 23 heavy (non-hydrogen) atoms. The molecular weight excluding hydrogens is 312 g/mol. The Morgan fingerprint density at radius 2 is 1.57 bits per heavy atom. The molecule has 2 fully saturated rings. The van der Waals surface area contributed by atoms with E-state index in [2.05, 4.69) is 9.80 Å². The van der Waals surface area contributed by atoms with E-state index in [9.17, 15) is 5.11 Å². The van der Waals surface area contributed by atoms with Gasteiger partial charge < -0.3 is 14.6 Å². The highest BCUT2D eigenvalue weighted by Crippen LogP contribution is 2.23. The fourth-order valence-corrected chi connectivity index (χ4v) is 4.06. The Balaban J connectivity index is 1.57. The van der Waals surface area contributed by atoms with Crippen LogP contribution in [0.4, 0.5) is 0 Å². The number of morpholine rings is 2. The van der Waals surface area contributed by atoms with Gasteiger partial charge in [-0.05, 0) is 24.3 Å². The lowest BCUT2D eigenvalue weighted by Crippen LogP contribution is -2.51. The molecule has 1 aromatic carbocycles. The number of rotatable bonds is 6. The summed E-state index contributed by atoms with van der Waals surface area (Å²) < 4.78 is 11.0. The van der Waals surface area contributed by atoms with Crippen molar-refractivity contribution in [3.8, 4) is 5.75 Å². The minimum absolute atomic E-state index is 0.326. The lowest BCUT2D eigenvalue weighted by atomic mass is 10.2. The number of ether oxygens (including phenoxy) is 2. The van der Waals surface area contributed by atoms with Crippen LogP contribution in [0.25, 0.3) is 0 Å². The molecule has 3 rings (SSSR count). The average molecular weight is 338 g/mol. The van der Waals surface area contributed by atoms with Crippen LogP contribution in [0, 0.1) is 0 Å². The van der Waals surface area contributed by atoms with E-state index >= 15 is 0 Å². The first-order chi connectivity index (χ1) is 11.3. The Hall–Kier alpha value is -0.790. The van der Waals surface area contributed by atoms with Crippen LogP contribution in [0.15, 0.2) is 29.2 Å². The van der Waals surface area contributed by atoms with Crippen LogP contribution in [0.1, 0.15) is 0 Å². The van der Waals surface area contributed by atoms with Crippen LogP contribution in [-0.4, -0.2) is 85.9 Å². The molecule has 1 atom stereocenters. The van der Waals surface area contributed by atoms with Crippen LogP contribution in [0.5, 0.6) is 5.75 Å². The topological polar surface area (TPSA) is 45.2 Å². The number of hydrogen-bond donors (Lipinski definition) is 1. The first-order valence-electron chi connectivity index (χ1n) is 8.35. The third kappa shape index (κ3) is 5.36. The molecule has 2 saturated heterocycles. The van der Waals surface area contributed by atoms with E-state index in [0.717, 1.165) is 64.9 Å². The lowest BCUT2D eigenvalue weighted by Gasteiger charge is -2.38. The summed E-state index contributed by atoms with van der Waals surface area (Å²) in [4.78, 5) is 6.29. The summed E-state index contributed by atoms with van der Waals surface area (Å²) in [6, 6.07) is 8.02. The molecule has 5 nitrogen and oxygen atoms in total. The minimum Gasteiger partial charge on any atom is -0.508 e. The zero-order chi connectivity index (χ0) is 15.9. The molecule has 1 N–H and O–H groups in total. The predicted octanol–water partition coefficient (Wildman–Crippen LogP) is 1.52. The van der Waals surface area contributed by atoms with Crippen LogP contribution in [-0.2, 0) is 9.47 Å². The largest absolute Gasteiger partial charge is 0.508 e. The number of nitrogens with zero attached hydrogens (tertiary/aromatic N) is 2. The molecule has 128 valence electrons. The maximum atomic E-state index is 9.40. The highest BCUT2D eigenvalue weighted by atomic mass is 32.2. The molecule has 1 unspecified atom stereocenters. The van der Waals surface area contributed by atoms with Crippen LogP contribution in [0.2, 0.25) is 0 Å². The molecule has 0 bridgehead atoms. The Labute approximate surface area is 142 Å². The molecule has 0 aromatic heterocycles. The second kappa shape index (κ2) is 8.89. The molecule has 0 aliphatic carbocycles. The third-order valence-electron chi connectivity index (χ3n) is 4.41. The average Bonchev–Trinajstić information content (AvgIpc) is 2.61. The number of hydrogen-bond acceptors (Lipinski definition) is 6. The minimum atomic E-state index is 0.326. The Kier molecular flexibility index (Phi) is 6.59. The number of benzene rings is 1. The van der Waals surface area contributed by atoms with Crippen LogP contribution >= 0.6 is 11.8 Å². The van der Waals surface area contributed by atoms with Crippen molar-refractivity contribution in [1.29, 1.82) is 0 Å². The fraction of sp³-hybridized carbons (Fsp3) is 0.647. The van der Waals surface area contributed by atoms with Gasteiger partial charge in [0.05, 0.1) is 26.4 Å². The number of phenols is 1. The summed E-state index contributed by atoms with van der Waals surface area (Å²) in [6.07, 6.45) is 0. The third-order valence-corrected chi connectivity index (χ3v) is 5.57. The van der Waals surface area contributed by atoms with Crippen molar-refractivity contribution in [2.45, 2.75) is 10.9 Å². The molecule has 1 aromatic rings. The first kappa shape index (κ1) is 17.0. The van der Waals surface area contributed by atoms with Gasteiger partial charge in [-0.25, -0.2) is 0 Å². The lowest BCUT2D eigenvalue weighted by molar-refractivity contribution is -0.00428. The standard InChI is InChI=1S/C17H26N2O3S/c20-16-1-3-17(4-2-16)23-14-15(19-7-11-22-12-8-19)13-18-5-9-21-10-6-18/h1-4,15,20H,5-14H2. The van der Waals surface area contributed by atoms with Crippen molar-refractivity contribution in [3.05, 3.63) is 24.3 Å². The van der Waals surface area contributed by atoms with Crippen molar-refractivity contribution in [2.75, 3.05) is 64.9 Å². The van der Waals surface area contributed by atoms with Crippen molar-refractivity contribution in [1.82, 2.24) is 9.80 Å². The quantitative estimate of drug-likeness (QED) is 0.794. The molecule has 2 aliphatic rings. The summed E-state index contributed by atoms with van der Waals surface area (Å²) in [6.45, 7) is 8.56. The fourth-order valence-electron chi connectivity index (χ4n) is 3.03. The first-order valence-corrected chi connectivity index (χ1v) is 9.33. The van der Waals surface area contributed by atoms with Crippen LogP contribution in [0.3, 0.4) is 0 Å². The van der Waals surface area contributed by atoms with Gasteiger partial charge in [0.15, 0.2) is 0 Å². The summed E-state index contributed by atoms with van der Waals surface area (Å²) in [5, 5.41) is 9.40. The summed E-state index contributed by atoms with van der Waals surface area (Å²) >= 11 is 1.87. The Morgan fingerprint density at radius 3 is 2.22 bits per heavy atom. The number of phenolic OH excluding ortho intramolecular Hbond substituents is 1. The van der Waals surface area contributed by atoms with Crippen molar-refractivity contribution >= 4 is 11.8 Å². The monoisotopic (exact) mass is 338 g/mol. The van der Waals surface area contributed by atoms with Gasteiger partial charge in [0, 0.05) is 49.4 Å². The molecule has 0 saturated carbocycles. The van der Waals surface area contributed by atoms with E-state index < -0.39 is 0 Å². The second-order valence-electron chi connectivity index (χ2n) is 6.02. The van der Waals surface area contributed by atoms with Gasteiger partial charge >= 0.3 is 0 Å². The van der Waals surface area contributed by atoms with Crippen molar-refractivity contribution < 1.29 is 14.6 Å². The molecule has 0 radical (unpaired) electrons. The maximum absolute atomic E-state index is 9.40. The van der Waals surface area contributed by atoms with Gasteiger partial charge in [-0.3, -0.25) is 9.80 Å². The Morgan fingerprint density at radius 1 is 0.957 bits per heavy atom. The van der Waals surface area contributed by atoms with Gasteiger partial charge in [-0.2, -0.15) is 0 Å².